The SMILES string of the molecule is CC(=O)SCCCCCCN1C(=O)c2ccccc2C1=O. The van der Waals surface area contributed by atoms with E-state index in [2.05, 4.69) is 0 Å². The van der Waals surface area contributed by atoms with E-state index in [4.69, 9.17) is 0 Å². The van der Waals surface area contributed by atoms with Crippen molar-refractivity contribution in [2.75, 3.05) is 12.3 Å². The molecule has 112 valence electrons. The van der Waals surface area contributed by atoms with Gasteiger partial charge in [-0.1, -0.05) is 36.7 Å². The van der Waals surface area contributed by atoms with Crippen molar-refractivity contribution in [1.29, 1.82) is 0 Å². The standard InChI is InChI=1S/C16H19NO3S/c1-12(18)21-11-7-3-2-6-10-17-15(19)13-8-4-5-9-14(13)16(17)20/h4-5,8-9H,2-3,6-7,10-11H2,1H3. The highest BCUT2D eigenvalue weighted by atomic mass is 32.2. The lowest BCUT2D eigenvalue weighted by molar-refractivity contribution is -0.109. The fourth-order valence-electron chi connectivity index (χ4n) is 2.38. The van der Waals surface area contributed by atoms with Crippen molar-refractivity contribution in [1.82, 2.24) is 4.90 Å². The first-order valence-corrected chi connectivity index (χ1v) is 8.18. The minimum Gasteiger partial charge on any atom is -0.288 e. The average molecular weight is 305 g/mol. The van der Waals surface area contributed by atoms with E-state index in [1.165, 1.54) is 16.7 Å². The summed E-state index contributed by atoms with van der Waals surface area (Å²) in [6.07, 6.45) is 3.79. The van der Waals surface area contributed by atoms with Crippen LogP contribution in [-0.2, 0) is 4.79 Å². The largest absolute Gasteiger partial charge is 0.288 e. The predicted molar refractivity (Wildman–Crippen MR) is 83.4 cm³/mol. The summed E-state index contributed by atoms with van der Waals surface area (Å²) in [6, 6.07) is 6.96. The normalized spacial score (nSPS) is 13.7. The number of hydrogen-bond acceptors (Lipinski definition) is 4. The Morgan fingerprint density at radius 1 is 1.00 bits per heavy atom. The number of benzene rings is 1. The fourth-order valence-corrected chi connectivity index (χ4v) is 3.02. The minimum absolute atomic E-state index is 0.154. The second kappa shape index (κ2) is 7.41. The van der Waals surface area contributed by atoms with Gasteiger partial charge in [0, 0.05) is 19.2 Å². The average Bonchev–Trinajstić information content (AvgIpc) is 2.71. The third-order valence-electron chi connectivity index (χ3n) is 3.46. The van der Waals surface area contributed by atoms with E-state index in [9.17, 15) is 14.4 Å². The summed E-state index contributed by atoms with van der Waals surface area (Å²) in [5, 5.41) is 0.154. The van der Waals surface area contributed by atoms with Crippen LogP contribution in [0, 0.1) is 0 Å². The van der Waals surface area contributed by atoms with Gasteiger partial charge in [0.1, 0.15) is 0 Å². The van der Waals surface area contributed by atoms with Crippen LogP contribution in [0.3, 0.4) is 0 Å². The van der Waals surface area contributed by atoms with Crippen LogP contribution in [0.4, 0.5) is 0 Å². The van der Waals surface area contributed by atoms with Crippen molar-refractivity contribution < 1.29 is 14.4 Å². The van der Waals surface area contributed by atoms with Gasteiger partial charge in [-0.25, -0.2) is 0 Å². The van der Waals surface area contributed by atoms with E-state index < -0.39 is 0 Å². The van der Waals surface area contributed by atoms with Crippen molar-refractivity contribution in [2.45, 2.75) is 32.6 Å². The number of nitrogens with zero attached hydrogens (tertiary/aromatic N) is 1. The Labute approximate surface area is 128 Å². The topological polar surface area (TPSA) is 54.5 Å². The Kier molecular flexibility index (Phi) is 5.56. The molecule has 1 aliphatic rings. The molecular weight excluding hydrogens is 286 g/mol. The van der Waals surface area contributed by atoms with Gasteiger partial charge in [-0.15, -0.1) is 0 Å². The third kappa shape index (κ3) is 3.94. The molecule has 2 rings (SSSR count). The van der Waals surface area contributed by atoms with Gasteiger partial charge in [-0.3, -0.25) is 19.3 Å². The van der Waals surface area contributed by atoms with Crippen LogP contribution in [0.1, 0.15) is 53.3 Å². The molecule has 0 radical (unpaired) electrons. The van der Waals surface area contributed by atoms with Crippen LogP contribution < -0.4 is 0 Å². The Bertz CT molecular complexity index is 521. The number of fused-ring (bicyclic) bond motifs is 1. The molecule has 0 bridgehead atoms. The molecule has 1 heterocycles. The molecule has 5 heteroatoms. The maximum Gasteiger partial charge on any atom is 0.261 e. The quantitative estimate of drug-likeness (QED) is 0.574. The second-order valence-corrected chi connectivity index (χ2v) is 6.33. The van der Waals surface area contributed by atoms with E-state index in [1.54, 1.807) is 31.2 Å². The number of rotatable bonds is 7. The maximum atomic E-state index is 12.1. The van der Waals surface area contributed by atoms with E-state index >= 15 is 0 Å². The van der Waals surface area contributed by atoms with E-state index in [0.29, 0.717) is 17.7 Å². The molecule has 2 amide bonds. The zero-order valence-electron chi connectivity index (χ0n) is 12.1. The van der Waals surface area contributed by atoms with Gasteiger partial charge in [0.05, 0.1) is 11.1 Å². The van der Waals surface area contributed by atoms with Crippen LogP contribution in [0.2, 0.25) is 0 Å². The second-order valence-electron chi connectivity index (χ2n) is 5.06. The van der Waals surface area contributed by atoms with Crippen LogP contribution in [0.25, 0.3) is 0 Å². The molecule has 0 N–H and O–H groups in total. The van der Waals surface area contributed by atoms with E-state index in [1.807, 2.05) is 0 Å². The van der Waals surface area contributed by atoms with E-state index in [-0.39, 0.29) is 16.9 Å². The van der Waals surface area contributed by atoms with Gasteiger partial charge in [-0.05, 0) is 25.0 Å². The first kappa shape index (κ1) is 15.8. The number of amides is 2. The summed E-state index contributed by atoms with van der Waals surface area (Å²) in [7, 11) is 0. The molecule has 0 fully saturated rings. The number of thioether (sulfide) groups is 1. The molecule has 0 spiro atoms. The van der Waals surface area contributed by atoms with Gasteiger partial charge in [0.15, 0.2) is 5.12 Å². The lowest BCUT2D eigenvalue weighted by Crippen LogP contribution is -2.30. The summed E-state index contributed by atoms with van der Waals surface area (Å²) in [6.45, 7) is 2.05. The van der Waals surface area contributed by atoms with Crippen LogP contribution in [0.15, 0.2) is 24.3 Å². The Balaban J connectivity index is 1.72. The summed E-state index contributed by atoms with van der Waals surface area (Å²) in [5.41, 5.74) is 1.03. The number of imide groups is 1. The minimum atomic E-state index is -0.178. The van der Waals surface area contributed by atoms with Crippen LogP contribution >= 0.6 is 11.8 Å². The molecule has 0 atom stereocenters. The molecular formula is C16H19NO3S. The predicted octanol–water partition coefficient (Wildman–Crippen LogP) is 3.12. The molecule has 0 saturated carbocycles. The molecule has 0 aliphatic carbocycles. The van der Waals surface area contributed by atoms with E-state index in [0.717, 1.165) is 31.4 Å². The zero-order chi connectivity index (χ0) is 15.2. The molecule has 1 aromatic carbocycles. The van der Waals surface area contributed by atoms with Gasteiger partial charge in [0.25, 0.3) is 11.8 Å². The van der Waals surface area contributed by atoms with Crippen molar-refractivity contribution in [3.63, 3.8) is 0 Å². The fraction of sp³-hybridized carbons (Fsp3) is 0.438. The van der Waals surface area contributed by atoms with Crippen LogP contribution in [-0.4, -0.2) is 34.1 Å². The smallest absolute Gasteiger partial charge is 0.261 e. The van der Waals surface area contributed by atoms with Gasteiger partial charge in [0.2, 0.25) is 0 Å². The van der Waals surface area contributed by atoms with Crippen molar-refractivity contribution >= 4 is 28.7 Å². The summed E-state index contributed by atoms with van der Waals surface area (Å²) in [5.74, 6) is 0.494. The first-order valence-electron chi connectivity index (χ1n) is 7.20. The molecule has 0 aromatic heterocycles. The zero-order valence-corrected chi connectivity index (χ0v) is 12.9. The molecule has 0 saturated heterocycles. The van der Waals surface area contributed by atoms with Gasteiger partial charge >= 0.3 is 0 Å². The maximum absolute atomic E-state index is 12.1. The molecule has 1 aliphatic heterocycles. The first-order chi connectivity index (χ1) is 10.1. The van der Waals surface area contributed by atoms with Gasteiger partial charge in [-0.2, -0.15) is 0 Å². The number of unbranched alkanes of at least 4 members (excludes halogenated alkanes) is 3. The Hall–Kier alpha value is -1.62. The molecule has 0 unspecified atom stereocenters. The monoisotopic (exact) mass is 305 g/mol. The summed E-state index contributed by atoms with van der Waals surface area (Å²) < 4.78 is 0. The Morgan fingerprint density at radius 2 is 1.57 bits per heavy atom. The Morgan fingerprint density at radius 3 is 2.14 bits per heavy atom. The third-order valence-corrected chi connectivity index (χ3v) is 4.36. The van der Waals surface area contributed by atoms with Crippen molar-refractivity contribution in [3.05, 3.63) is 35.4 Å². The highest BCUT2D eigenvalue weighted by Crippen LogP contribution is 2.22. The lowest BCUT2D eigenvalue weighted by Gasteiger charge is -2.13. The highest BCUT2D eigenvalue weighted by Gasteiger charge is 2.34. The lowest BCUT2D eigenvalue weighted by atomic mass is 10.1. The van der Waals surface area contributed by atoms with Crippen molar-refractivity contribution in [2.24, 2.45) is 0 Å². The van der Waals surface area contributed by atoms with Crippen LogP contribution in [0.5, 0.6) is 0 Å². The van der Waals surface area contributed by atoms with Crippen molar-refractivity contribution in [3.8, 4) is 0 Å². The number of hydrogen-bond donors (Lipinski definition) is 0. The van der Waals surface area contributed by atoms with Gasteiger partial charge < -0.3 is 0 Å². The number of carbonyl (C=O) groups is 3. The molecule has 1 aromatic rings. The molecule has 21 heavy (non-hydrogen) atoms. The summed E-state index contributed by atoms with van der Waals surface area (Å²) in [4.78, 5) is 36.3. The summed E-state index contributed by atoms with van der Waals surface area (Å²) >= 11 is 1.35. The number of carbonyl (C=O) groups excluding carboxylic acids is 3. The highest BCUT2D eigenvalue weighted by molar-refractivity contribution is 8.13. The molecule has 4 nitrogen and oxygen atoms in total.